The molecule has 0 bridgehead atoms. The fourth-order valence-electron chi connectivity index (χ4n) is 5.64. The van der Waals surface area contributed by atoms with Crippen LogP contribution in [-0.4, -0.2) is 55.1 Å². The zero-order valence-electron chi connectivity index (χ0n) is 21.7. The molecule has 1 unspecified atom stereocenters. The van der Waals surface area contributed by atoms with Gasteiger partial charge in [0.25, 0.3) is 5.91 Å². The van der Waals surface area contributed by atoms with Gasteiger partial charge in [0.05, 0.1) is 25.4 Å². The van der Waals surface area contributed by atoms with Crippen molar-refractivity contribution in [2.24, 2.45) is 11.0 Å². The van der Waals surface area contributed by atoms with Crippen LogP contribution in [0.4, 0.5) is 0 Å². The Balaban J connectivity index is 1.16. The first-order valence-electron chi connectivity index (χ1n) is 13.4. The van der Waals surface area contributed by atoms with E-state index < -0.39 is 0 Å². The molecule has 7 heteroatoms. The van der Waals surface area contributed by atoms with Crippen molar-refractivity contribution in [3.63, 3.8) is 0 Å². The Morgan fingerprint density at radius 1 is 0.974 bits per heavy atom. The Kier molecular flexibility index (Phi) is 7.01. The highest BCUT2D eigenvalue weighted by Crippen LogP contribution is 2.39. The van der Waals surface area contributed by atoms with E-state index in [1.807, 2.05) is 42.5 Å². The van der Waals surface area contributed by atoms with Crippen molar-refractivity contribution in [3.8, 4) is 17.2 Å². The van der Waals surface area contributed by atoms with Crippen LogP contribution in [0, 0.1) is 5.92 Å². The minimum Gasteiger partial charge on any atom is -0.497 e. The van der Waals surface area contributed by atoms with Crippen LogP contribution in [0.3, 0.4) is 0 Å². The van der Waals surface area contributed by atoms with Crippen LogP contribution < -0.4 is 14.2 Å². The molecule has 0 saturated carbocycles. The predicted molar refractivity (Wildman–Crippen MR) is 146 cm³/mol. The van der Waals surface area contributed by atoms with Gasteiger partial charge in [-0.15, -0.1) is 0 Å². The van der Waals surface area contributed by atoms with Crippen LogP contribution in [0.2, 0.25) is 0 Å². The molecular weight excluding hydrogens is 478 g/mol. The first-order valence-corrected chi connectivity index (χ1v) is 13.4. The van der Waals surface area contributed by atoms with Gasteiger partial charge in [-0.3, -0.25) is 9.69 Å². The molecule has 0 aliphatic carbocycles. The SMILES string of the molecule is COc1ccc(C2=NN(C(=O)CN3CCC(Cc4ccccc4)CC3)C(c3ccc4c(c3)OCO4)C2)cc1. The minimum absolute atomic E-state index is 0.0256. The average molecular weight is 512 g/mol. The van der Waals surface area contributed by atoms with Gasteiger partial charge in [-0.05, 0) is 91.4 Å². The summed E-state index contributed by atoms with van der Waals surface area (Å²) in [6.07, 6.45) is 3.95. The Morgan fingerprint density at radius 2 is 1.74 bits per heavy atom. The summed E-state index contributed by atoms with van der Waals surface area (Å²) in [5.41, 5.74) is 4.28. The zero-order valence-corrected chi connectivity index (χ0v) is 21.7. The molecule has 1 fully saturated rings. The summed E-state index contributed by atoms with van der Waals surface area (Å²) in [7, 11) is 1.66. The molecule has 1 atom stereocenters. The van der Waals surface area contributed by atoms with Crippen molar-refractivity contribution in [3.05, 3.63) is 89.5 Å². The molecule has 3 aliphatic heterocycles. The number of carbonyl (C=O) groups is 1. The van der Waals surface area contributed by atoms with Crippen molar-refractivity contribution in [2.75, 3.05) is 33.5 Å². The summed E-state index contributed by atoms with van der Waals surface area (Å²) in [6, 6.07) is 24.3. The summed E-state index contributed by atoms with van der Waals surface area (Å²) >= 11 is 0. The molecule has 1 saturated heterocycles. The number of nitrogens with zero attached hydrogens (tertiary/aromatic N) is 3. The second-order valence-corrected chi connectivity index (χ2v) is 10.3. The van der Waals surface area contributed by atoms with Crippen LogP contribution in [-0.2, 0) is 11.2 Å². The number of carbonyl (C=O) groups excluding carboxylic acids is 1. The number of ether oxygens (including phenoxy) is 3. The molecule has 3 heterocycles. The largest absolute Gasteiger partial charge is 0.497 e. The van der Waals surface area contributed by atoms with E-state index in [1.165, 1.54) is 5.56 Å². The molecular formula is C31H33N3O4. The fraction of sp³-hybridized carbons (Fsp3) is 0.355. The summed E-state index contributed by atoms with van der Waals surface area (Å²) in [5.74, 6) is 2.94. The summed E-state index contributed by atoms with van der Waals surface area (Å²) < 4.78 is 16.4. The van der Waals surface area contributed by atoms with Crippen LogP contribution in [0.15, 0.2) is 77.9 Å². The van der Waals surface area contributed by atoms with Crippen LogP contribution >= 0.6 is 0 Å². The van der Waals surface area contributed by atoms with Crippen molar-refractivity contribution in [2.45, 2.75) is 31.7 Å². The topological polar surface area (TPSA) is 63.6 Å². The quantitative estimate of drug-likeness (QED) is 0.444. The maximum atomic E-state index is 13.7. The lowest BCUT2D eigenvalue weighted by molar-refractivity contribution is -0.134. The third-order valence-corrected chi connectivity index (χ3v) is 7.80. The van der Waals surface area contributed by atoms with Gasteiger partial charge in [0, 0.05) is 6.42 Å². The van der Waals surface area contributed by atoms with Gasteiger partial charge in [-0.1, -0.05) is 36.4 Å². The van der Waals surface area contributed by atoms with Crippen molar-refractivity contribution in [1.82, 2.24) is 9.91 Å². The van der Waals surface area contributed by atoms with E-state index in [1.54, 1.807) is 12.1 Å². The molecule has 3 aromatic rings. The number of hydrogen-bond acceptors (Lipinski definition) is 6. The van der Waals surface area contributed by atoms with Gasteiger partial charge in [0.1, 0.15) is 5.75 Å². The summed E-state index contributed by atoms with van der Waals surface area (Å²) in [6.45, 7) is 2.46. The lowest BCUT2D eigenvalue weighted by Gasteiger charge is -2.33. The second-order valence-electron chi connectivity index (χ2n) is 10.3. The van der Waals surface area contributed by atoms with Gasteiger partial charge in [-0.2, -0.15) is 5.10 Å². The third kappa shape index (κ3) is 5.24. The predicted octanol–water partition coefficient (Wildman–Crippen LogP) is 5.06. The number of likely N-dealkylation sites (tertiary alicyclic amines) is 1. The standard InChI is InChI=1S/C31H33N3O4/c1-36-26-10-7-24(8-11-26)27-19-28(25-9-12-29-30(18-25)38-21-37-29)34(32-27)31(35)20-33-15-13-23(14-16-33)17-22-5-3-2-4-6-22/h2-12,18,23,28H,13-17,19-21H2,1H3. The van der Waals surface area contributed by atoms with Crippen molar-refractivity contribution < 1.29 is 19.0 Å². The molecule has 3 aliphatic rings. The second kappa shape index (κ2) is 10.9. The molecule has 38 heavy (non-hydrogen) atoms. The van der Waals surface area contributed by atoms with Crippen molar-refractivity contribution in [1.29, 1.82) is 0 Å². The maximum absolute atomic E-state index is 13.7. The number of benzene rings is 3. The normalized spacial score (nSPS) is 19.4. The number of methoxy groups -OCH3 is 1. The highest BCUT2D eigenvalue weighted by atomic mass is 16.7. The van der Waals surface area contributed by atoms with Gasteiger partial charge in [0.15, 0.2) is 11.5 Å². The van der Waals surface area contributed by atoms with E-state index in [2.05, 4.69) is 35.2 Å². The molecule has 7 nitrogen and oxygen atoms in total. The first-order chi connectivity index (χ1) is 18.7. The molecule has 0 radical (unpaired) electrons. The number of piperidine rings is 1. The highest BCUT2D eigenvalue weighted by Gasteiger charge is 2.35. The molecule has 3 aromatic carbocycles. The van der Waals surface area contributed by atoms with E-state index >= 15 is 0 Å². The molecule has 6 rings (SSSR count). The van der Waals surface area contributed by atoms with E-state index in [-0.39, 0.29) is 18.7 Å². The van der Waals surface area contributed by atoms with Gasteiger partial charge in [-0.25, -0.2) is 5.01 Å². The van der Waals surface area contributed by atoms with Crippen LogP contribution in [0.5, 0.6) is 17.2 Å². The minimum atomic E-state index is -0.190. The molecule has 0 N–H and O–H groups in total. The van der Waals surface area contributed by atoms with E-state index in [4.69, 9.17) is 19.3 Å². The maximum Gasteiger partial charge on any atom is 0.257 e. The van der Waals surface area contributed by atoms with Crippen LogP contribution in [0.25, 0.3) is 0 Å². The third-order valence-electron chi connectivity index (χ3n) is 7.80. The number of rotatable bonds is 7. The van der Waals surface area contributed by atoms with Gasteiger partial charge < -0.3 is 14.2 Å². The molecule has 196 valence electrons. The number of hydrazone groups is 1. The molecule has 1 amide bonds. The monoisotopic (exact) mass is 511 g/mol. The molecule has 0 spiro atoms. The lowest BCUT2D eigenvalue weighted by Crippen LogP contribution is -2.42. The number of amides is 1. The smallest absolute Gasteiger partial charge is 0.257 e. The Bertz CT molecular complexity index is 1300. The molecule has 0 aromatic heterocycles. The van der Waals surface area contributed by atoms with Crippen molar-refractivity contribution >= 4 is 11.6 Å². The van der Waals surface area contributed by atoms with Gasteiger partial charge in [0.2, 0.25) is 6.79 Å². The van der Waals surface area contributed by atoms with E-state index in [0.29, 0.717) is 24.6 Å². The van der Waals surface area contributed by atoms with Crippen LogP contribution in [0.1, 0.15) is 42.0 Å². The van der Waals surface area contributed by atoms with E-state index in [9.17, 15) is 4.79 Å². The van der Waals surface area contributed by atoms with E-state index in [0.717, 1.165) is 60.7 Å². The number of fused-ring (bicyclic) bond motifs is 1. The van der Waals surface area contributed by atoms with Gasteiger partial charge >= 0.3 is 0 Å². The Morgan fingerprint density at radius 3 is 2.50 bits per heavy atom. The Labute approximate surface area is 223 Å². The summed E-state index contributed by atoms with van der Waals surface area (Å²) in [4.78, 5) is 16.0. The fourth-order valence-corrected chi connectivity index (χ4v) is 5.64. The number of hydrogen-bond donors (Lipinski definition) is 0. The first kappa shape index (κ1) is 24.5. The lowest BCUT2D eigenvalue weighted by atomic mass is 9.90. The highest BCUT2D eigenvalue weighted by molar-refractivity contribution is 6.03. The summed E-state index contributed by atoms with van der Waals surface area (Å²) in [5, 5.41) is 6.55. The average Bonchev–Trinajstić information content (AvgIpc) is 3.62. The zero-order chi connectivity index (χ0) is 25.9. The Hall–Kier alpha value is -3.84.